The predicted molar refractivity (Wildman–Crippen MR) is 72.6 cm³/mol. The van der Waals surface area contributed by atoms with Gasteiger partial charge in [0.25, 0.3) is 0 Å². The number of hydrogen-bond acceptors (Lipinski definition) is 5. The van der Waals surface area contributed by atoms with E-state index >= 15 is 0 Å². The standard InChI is InChI=1S/C13H25N3O3/c1-4-5-15(10-13(2,3)9-14)8-11(17)16-6-7-19-12(16)18/h4-10,14H2,1-3H3. The maximum atomic E-state index is 12.1. The first-order valence-corrected chi connectivity index (χ1v) is 6.79. The summed E-state index contributed by atoms with van der Waals surface area (Å²) in [7, 11) is 0. The van der Waals surface area contributed by atoms with E-state index in [1.54, 1.807) is 0 Å². The van der Waals surface area contributed by atoms with Crippen LogP contribution in [-0.2, 0) is 9.53 Å². The number of ether oxygens (including phenoxy) is 1. The van der Waals surface area contributed by atoms with Crippen molar-refractivity contribution in [3.05, 3.63) is 0 Å². The number of hydrogen-bond donors (Lipinski definition) is 1. The molecule has 0 radical (unpaired) electrons. The summed E-state index contributed by atoms with van der Waals surface area (Å²) in [6.07, 6.45) is 0.429. The third-order valence-corrected chi connectivity index (χ3v) is 3.16. The Kier molecular flexibility index (Phi) is 5.75. The summed E-state index contributed by atoms with van der Waals surface area (Å²) in [5, 5.41) is 0. The highest BCUT2D eigenvalue weighted by atomic mass is 16.6. The van der Waals surface area contributed by atoms with Crippen LogP contribution in [0.1, 0.15) is 27.2 Å². The lowest BCUT2D eigenvalue weighted by atomic mass is 9.93. The number of carbonyl (C=O) groups is 2. The molecule has 1 fully saturated rings. The molecule has 1 aliphatic rings. The van der Waals surface area contributed by atoms with E-state index in [0.717, 1.165) is 19.5 Å². The third kappa shape index (κ3) is 4.80. The number of amides is 2. The van der Waals surface area contributed by atoms with Gasteiger partial charge in [0.1, 0.15) is 6.61 Å². The van der Waals surface area contributed by atoms with Crippen molar-refractivity contribution in [3.63, 3.8) is 0 Å². The third-order valence-electron chi connectivity index (χ3n) is 3.16. The molecule has 1 aliphatic heterocycles. The van der Waals surface area contributed by atoms with E-state index in [1.165, 1.54) is 4.90 Å². The molecule has 6 heteroatoms. The Morgan fingerprint density at radius 1 is 1.53 bits per heavy atom. The molecule has 0 aromatic heterocycles. The van der Waals surface area contributed by atoms with E-state index in [2.05, 4.69) is 25.7 Å². The molecule has 110 valence electrons. The Labute approximate surface area is 114 Å². The lowest BCUT2D eigenvalue weighted by Crippen LogP contribution is -2.45. The second kappa shape index (κ2) is 6.86. The molecule has 2 N–H and O–H groups in total. The summed E-state index contributed by atoms with van der Waals surface area (Å²) in [6, 6.07) is 0. The molecular weight excluding hydrogens is 246 g/mol. The zero-order chi connectivity index (χ0) is 14.5. The number of nitrogens with two attached hydrogens (primary N) is 1. The summed E-state index contributed by atoms with van der Waals surface area (Å²) in [4.78, 5) is 26.6. The molecule has 0 aromatic carbocycles. The molecule has 6 nitrogen and oxygen atoms in total. The Hall–Kier alpha value is -1.14. The predicted octanol–water partition coefficient (Wildman–Crippen LogP) is 0.662. The van der Waals surface area contributed by atoms with E-state index in [-0.39, 0.29) is 17.9 Å². The summed E-state index contributed by atoms with van der Waals surface area (Å²) >= 11 is 0. The molecule has 19 heavy (non-hydrogen) atoms. The summed E-state index contributed by atoms with van der Waals surface area (Å²) in [5.74, 6) is -0.191. The van der Waals surface area contributed by atoms with Gasteiger partial charge in [0.15, 0.2) is 0 Å². The maximum absolute atomic E-state index is 12.1. The van der Waals surface area contributed by atoms with Crippen LogP contribution >= 0.6 is 0 Å². The quantitative estimate of drug-likeness (QED) is 0.736. The Morgan fingerprint density at radius 3 is 2.68 bits per heavy atom. The molecule has 1 saturated heterocycles. The van der Waals surface area contributed by atoms with Crippen LogP contribution in [0, 0.1) is 5.41 Å². The van der Waals surface area contributed by atoms with Crippen LogP contribution in [0.3, 0.4) is 0 Å². The minimum absolute atomic E-state index is 0.0407. The van der Waals surface area contributed by atoms with Gasteiger partial charge in [-0.05, 0) is 24.9 Å². The largest absolute Gasteiger partial charge is 0.447 e. The first kappa shape index (κ1) is 15.9. The number of rotatable bonds is 7. The van der Waals surface area contributed by atoms with Crippen molar-refractivity contribution in [3.8, 4) is 0 Å². The molecule has 0 aromatic rings. The first-order chi connectivity index (χ1) is 8.89. The highest BCUT2D eigenvalue weighted by molar-refractivity contribution is 5.94. The first-order valence-electron chi connectivity index (χ1n) is 6.79. The van der Waals surface area contributed by atoms with Gasteiger partial charge in [0.2, 0.25) is 5.91 Å². The van der Waals surface area contributed by atoms with E-state index in [0.29, 0.717) is 19.7 Å². The zero-order valence-corrected chi connectivity index (χ0v) is 12.1. The molecular formula is C13H25N3O3. The van der Waals surface area contributed by atoms with E-state index in [9.17, 15) is 9.59 Å². The number of carbonyl (C=O) groups excluding carboxylic acids is 2. The van der Waals surface area contributed by atoms with Crippen molar-refractivity contribution in [2.75, 3.05) is 39.3 Å². The van der Waals surface area contributed by atoms with Crippen molar-refractivity contribution in [1.29, 1.82) is 0 Å². The number of nitrogens with zero attached hydrogens (tertiary/aromatic N) is 2. The maximum Gasteiger partial charge on any atom is 0.416 e. The lowest BCUT2D eigenvalue weighted by molar-refractivity contribution is -0.129. The van der Waals surface area contributed by atoms with Crippen molar-refractivity contribution >= 4 is 12.0 Å². The van der Waals surface area contributed by atoms with Gasteiger partial charge >= 0.3 is 6.09 Å². The lowest BCUT2D eigenvalue weighted by Gasteiger charge is -2.31. The van der Waals surface area contributed by atoms with Crippen LogP contribution in [0.25, 0.3) is 0 Å². The van der Waals surface area contributed by atoms with Gasteiger partial charge in [0.05, 0.1) is 13.1 Å². The smallest absolute Gasteiger partial charge is 0.416 e. The van der Waals surface area contributed by atoms with Gasteiger partial charge < -0.3 is 10.5 Å². The van der Waals surface area contributed by atoms with Crippen LogP contribution < -0.4 is 5.73 Å². The highest BCUT2D eigenvalue weighted by Gasteiger charge is 2.30. The zero-order valence-electron chi connectivity index (χ0n) is 12.1. The fourth-order valence-electron chi connectivity index (χ4n) is 2.10. The summed E-state index contributed by atoms with van der Waals surface area (Å²) in [5.41, 5.74) is 5.69. The van der Waals surface area contributed by atoms with Crippen LogP contribution in [0.5, 0.6) is 0 Å². The minimum atomic E-state index is -0.528. The van der Waals surface area contributed by atoms with Gasteiger partial charge in [-0.2, -0.15) is 0 Å². The minimum Gasteiger partial charge on any atom is -0.447 e. The van der Waals surface area contributed by atoms with Gasteiger partial charge in [-0.3, -0.25) is 9.69 Å². The van der Waals surface area contributed by atoms with Crippen LogP contribution in [0.15, 0.2) is 0 Å². The Balaban J connectivity index is 2.57. The highest BCUT2D eigenvalue weighted by Crippen LogP contribution is 2.15. The van der Waals surface area contributed by atoms with Gasteiger partial charge in [-0.25, -0.2) is 9.69 Å². The molecule has 0 bridgehead atoms. The van der Waals surface area contributed by atoms with Crippen LogP contribution in [0.4, 0.5) is 4.79 Å². The number of cyclic esters (lactones) is 1. The monoisotopic (exact) mass is 271 g/mol. The van der Waals surface area contributed by atoms with Crippen molar-refractivity contribution < 1.29 is 14.3 Å². The Morgan fingerprint density at radius 2 is 2.21 bits per heavy atom. The molecule has 0 spiro atoms. The molecule has 0 aliphatic carbocycles. The summed E-state index contributed by atoms with van der Waals surface area (Å²) in [6.45, 7) is 9.24. The second-order valence-electron chi connectivity index (χ2n) is 5.74. The van der Waals surface area contributed by atoms with Crippen molar-refractivity contribution in [2.24, 2.45) is 11.1 Å². The van der Waals surface area contributed by atoms with E-state index in [1.807, 2.05) is 0 Å². The fourth-order valence-corrected chi connectivity index (χ4v) is 2.10. The summed E-state index contributed by atoms with van der Waals surface area (Å²) < 4.78 is 4.78. The molecule has 1 heterocycles. The van der Waals surface area contributed by atoms with E-state index in [4.69, 9.17) is 10.5 Å². The normalized spacial score (nSPS) is 16.1. The molecule has 0 atom stereocenters. The molecule has 0 saturated carbocycles. The van der Waals surface area contributed by atoms with Crippen molar-refractivity contribution in [2.45, 2.75) is 27.2 Å². The molecule has 0 unspecified atom stereocenters. The molecule has 1 rings (SSSR count). The van der Waals surface area contributed by atoms with Gasteiger partial charge in [-0.1, -0.05) is 20.8 Å². The fraction of sp³-hybridized carbons (Fsp3) is 0.846. The average Bonchev–Trinajstić information content (AvgIpc) is 2.75. The Bertz CT molecular complexity index is 331. The van der Waals surface area contributed by atoms with Crippen molar-refractivity contribution in [1.82, 2.24) is 9.80 Å². The molecule has 2 amide bonds. The van der Waals surface area contributed by atoms with Crippen LogP contribution in [-0.4, -0.2) is 61.1 Å². The van der Waals surface area contributed by atoms with E-state index < -0.39 is 6.09 Å². The average molecular weight is 271 g/mol. The van der Waals surface area contributed by atoms with Crippen LogP contribution in [0.2, 0.25) is 0 Å². The van der Waals surface area contributed by atoms with Gasteiger partial charge in [-0.15, -0.1) is 0 Å². The van der Waals surface area contributed by atoms with Gasteiger partial charge in [0, 0.05) is 6.54 Å². The SMILES string of the molecule is CCCN(CC(=O)N1CCOC1=O)CC(C)(C)CN. The number of imide groups is 1. The second-order valence-corrected chi connectivity index (χ2v) is 5.74. The topological polar surface area (TPSA) is 75.9 Å².